The minimum absolute atomic E-state index is 0.708. The van der Waals surface area contributed by atoms with Crippen molar-refractivity contribution in [3.8, 4) is 11.1 Å². The minimum atomic E-state index is 0.708. The summed E-state index contributed by atoms with van der Waals surface area (Å²) in [6.07, 6.45) is 1.07. The average molecular weight is 264 g/mol. The summed E-state index contributed by atoms with van der Waals surface area (Å²) in [5.74, 6) is 0. The molecule has 1 nitrogen and oxygen atoms in total. The van der Waals surface area contributed by atoms with Gasteiger partial charge in [-0.25, -0.2) is 0 Å². The van der Waals surface area contributed by atoms with Gasteiger partial charge in [-0.2, -0.15) is 0 Å². The maximum Gasteiger partial charge on any atom is 0.0486 e. The first-order valence-corrected chi connectivity index (χ1v) is 6.32. The van der Waals surface area contributed by atoms with Gasteiger partial charge in [0.1, 0.15) is 0 Å². The molecular formula is C14H11Cl2N. The number of anilines is 1. The molecule has 0 bridgehead atoms. The Morgan fingerprint density at radius 3 is 2.76 bits per heavy atom. The van der Waals surface area contributed by atoms with Crippen LogP contribution in [-0.4, -0.2) is 6.54 Å². The van der Waals surface area contributed by atoms with Crippen molar-refractivity contribution in [1.29, 1.82) is 0 Å². The Labute approximate surface area is 110 Å². The van der Waals surface area contributed by atoms with Crippen LogP contribution >= 0.6 is 23.2 Å². The highest BCUT2D eigenvalue weighted by Gasteiger charge is 2.16. The Morgan fingerprint density at radius 2 is 1.88 bits per heavy atom. The van der Waals surface area contributed by atoms with E-state index < -0.39 is 0 Å². The SMILES string of the molecule is Clc1ccc(Cl)c(-c2cccc3c2NCC3)c1. The van der Waals surface area contributed by atoms with Crippen LogP contribution in [0.15, 0.2) is 36.4 Å². The predicted molar refractivity (Wildman–Crippen MR) is 74.1 cm³/mol. The lowest BCUT2D eigenvalue weighted by Gasteiger charge is -2.11. The average Bonchev–Trinajstić information content (AvgIpc) is 2.80. The number of para-hydroxylation sites is 1. The third-order valence-corrected chi connectivity index (χ3v) is 3.63. The van der Waals surface area contributed by atoms with E-state index in [1.54, 1.807) is 0 Å². The molecule has 1 heterocycles. The summed E-state index contributed by atoms with van der Waals surface area (Å²) in [5, 5.41) is 4.85. The minimum Gasteiger partial charge on any atom is -0.384 e. The van der Waals surface area contributed by atoms with Crippen LogP contribution < -0.4 is 5.32 Å². The fourth-order valence-corrected chi connectivity index (χ4v) is 2.66. The largest absolute Gasteiger partial charge is 0.384 e. The third kappa shape index (κ3) is 1.90. The monoisotopic (exact) mass is 263 g/mol. The van der Waals surface area contributed by atoms with Gasteiger partial charge in [-0.1, -0.05) is 41.4 Å². The molecule has 0 fully saturated rings. The summed E-state index contributed by atoms with van der Waals surface area (Å²) in [5.41, 5.74) is 4.66. The number of hydrogen-bond donors (Lipinski definition) is 1. The molecule has 2 aromatic rings. The van der Waals surface area contributed by atoms with E-state index in [1.165, 1.54) is 11.3 Å². The van der Waals surface area contributed by atoms with Crippen LogP contribution in [0.3, 0.4) is 0 Å². The highest BCUT2D eigenvalue weighted by molar-refractivity contribution is 6.35. The van der Waals surface area contributed by atoms with Gasteiger partial charge in [0.05, 0.1) is 0 Å². The molecule has 0 atom stereocenters. The van der Waals surface area contributed by atoms with Crippen LogP contribution in [-0.2, 0) is 6.42 Å². The number of benzene rings is 2. The fourth-order valence-electron chi connectivity index (χ4n) is 2.27. The van der Waals surface area contributed by atoms with Crippen molar-refractivity contribution >= 4 is 28.9 Å². The van der Waals surface area contributed by atoms with E-state index in [1.807, 2.05) is 18.2 Å². The second kappa shape index (κ2) is 4.25. The summed E-state index contributed by atoms with van der Waals surface area (Å²) in [6.45, 7) is 0.991. The van der Waals surface area contributed by atoms with Crippen molar-refractivity contribution in [1.82, 2.24) is 0 Å². The van der Waals surface area contributed by atoms with E-state index in [2.05, 4.69) is 23.5 Å². The van der Waals surface area contributed by atoms with Crippen LogP contribution in [0.4, 0.5) is 5.69 Å². The second-order valence-electron chi connectivity index (χ2n) is 4.14. The molecule has 3 heteroatoms. The summed E-state index contributed by atoms with van der Waals surface area (Å²) in [6, 6.07) is 11.9. The van der Waals surface area contributed by atoms with Gasteiger partial charge in [0.15, 0.2) is 0 Å². The van der Waals surface area contributed by atoms with Crippen molar-refractivity contribution in [2.24, 2.45) is 0 Å². The molecule has 1 aliphatic rings. The Bertz CT molecular complexity index is 578. The van der Waals surface area contributed by atoms with Crippen LogP contribution in [0.25, 0.3) is 11.1 Å². The van der Waals surface area contributed by atoms with Gasteiger partial charge >= 0.3 is 0 Å². The number of rotatable bonds is 1. The smallest absolute Gasteiger partial charge is 0.0486 e. The van der Waals surface area contributed by atoms with E-state index in [0.717, 1.165) is 29.1 Å². The van der Waals surface area contributed by atoms with Crippen molar-refractivity contribution in [3.63, 3.8) is 0 Å². The summed E-state index contributed by atoms with van der Waals surface area (Å²) < 4.78 is 0. The van der Waals surface area contributed by atoms with E-state index >= 15 is 0 Å². The molecule has 0 spiro atoms. The molecule has 0 aromatic heterocycles. The molecular weight excluding hydrogens is 253 g/mol. The molecule has 0 amide bonds. The normalized spacial score (nSPS) is 13.3. The zero-order chi connectivity index (χ0) is 11.8. The summed E-state index contributed by atoms with van der Waals surface area (Å²) in [4.78, 5) is 0. The molecule has 1 N–H and O–H groups in total. The summed E-state index contributed by atoms with van der Waals surface area (Å²) >= 11 is 12.3. The van der Waals surface area contributed by atoms with Gasteiger partial charge in [0, 0.05) is 33.4 Å². The summed E-state index contributed by atoms with van der Waals surface area (Å²) in [7, 11) is 0. The predicted octanol–water partition coefficient (Wildman–Crippen LogP) is 4.63. The van der Waals surface area contributed by atoms with E-state index in [-0.39, 0.29) is 0 Å². The lowest BCUT2D eigenvalue weighted by molar-refractivity contribution is 1.11. The Kier molecular flexibility index (Phi) is 2.73. The zero-order valence-corrected chi connectivity index (χ0v) is 10.6. The number of nitrogens with one attached hydrogen (secondary N) is 1. The van der Waals surface area contributed by atoms with E-state index in [0.29, 0.717) is 5.02 Å². The third-order valence-electron chi connectivity index (χ3n) is 3.07. The fraction of sp³-hybridized carbons (Fsp3) is 0.143. The van der Waals surface area contributed by atoms with E-state index in [4.69, 9.17) is 23.2 Å². The lowest BCUT2D eigenvalue weighted by atomic mass is 10.0. The standard InChI is InChI=1S/C14H11Cl2N/c15-10-4-5-13(16)12(8-10)11-3-1-2-9-6-7-17-14(9)11/h1-5,8,17H,6-7H2. The maximum absolute atomic E-state index is 6.25. The van der Waals surface area contributed by atoms with Crippen LogP contribution in [0.5, 0.6) is 0 Å². The Morgan fingerprint density at radius 1 is 1.00 bits per heavy atom. The van der Waals surface area contributed by atoms with E-state index in [9.17, 15) is 0 Å². The topological polar surface area (TPSA) is 12.0 Å². The highest BCUT2D eigenvalue weighted by Crippen LogP contribution is 2.38. The molecule has 3 rings (SSSR count). The highest BCUT2D eigenvalue weighted by atomic mass is 35.5. The lowest BCUT2D eigenvalue weighted by Crippen LogP contribution is -1.93. The van der Waals surface area contributed by atoms with Gasteiger partial charge in [-0.15, -0.1) is 0 Å². The van der Waals surface area contributed by atoms with Crippen molar-refractivity contribution in [2.75, 3.05) is 11.9 Å². The first-order valence-electron chi connectivity index (χ1n) is 5.57. The van der Waals surface area contributed by atoms with Crippen LogP contribution in [0.2, 0.25) is 10.0 Å². The molecule has 0 saturated carbocycles. The molecule has 2 aromatic carbocycles. The Hall–Kier alpha value is -1.18. The van der Waals surface area contributed by atoms with Gasteiger partial charge in [0.2, 0.25) is 0 Å². The van der Waals surface area contributed by atoms with Gasteiger partial charge in [0.25, 0.3) is 0 Å². The maximum atomic E-state index is 6.25. The van der Waals surface area contributed by atoms with Crippen LogP contribution in [0, 0.1) is 0 Å². The second-order valence-corrected chi connectivity index (χ2v) is 4.98. The van der Waals surface area contributed by atoms with Crippen molar-refractivity contribution in [2.45, 2.75) is 6.42 Å². The quantitative estimate of drug-likeness (QED) is 0.791. The molecule has 0 unspecified atom stereocenters. The molecule has 0 saturated heterocycles. The van der Waals surface area contributed by atoms with Crippen molar-refractivity contribution in [3.05, 3.63) is 52.0 Å². The van der Waals surface area contributed by atoms with Gasteiger partial charge < -0.3 is 5.32 Å². The van der Waals surface area contributed by atoms with Gasteiger partial charge in [-0.05, 0) is 30.2 Å². The first kappa shape index (κ1) is 10.9. The van der Waals surface area contributed by atoms with Gasteiger partial charge in [-0.3, -0.25) is 0 Å². The first-order chi connectivity index (χ1) is 8.25. The van der Waals surface area contributed by atoms with Crippen molar-refractivity contribution < 1.29 is 0 Å². The number of hydrogen-bond acceptors (Lipinski definition) is 1. The number of halogens is 2. The molecule has 0 radical (unpaired) electrons. The number of fused-ring (bicyclic) bond motifs is 1. The molecule has 0 aliphatic carbocycles. The molecule has 1 aliphatic heterocycles. The Balaban J connectivity index is 2.22. The molecule has 17 heavy (non-hydrogen) atoms. The van der Waals surface area contributed by atoms with Crippen LogP contribution in [0.1, 0.15) is 5.56 Å². The molecule has 86 valence electrons. The zero-order valence-electron chi connectivity index (χ0n) is 9.13.